The van der Waals surface area contributed by atoms with Crippen LogP contribution < -0.4 is 5.73 Å². The van der Waals surface area contributed by atoms with Gasteiger partial charge in [0.15, 0.2) is 0 Å². The summed E-state index contributed by atoms with van der Waals surface area (Å²) in [6, 6.07) is 0. The molecule has 6 heteroatoms. The molecule has 5 nitrogen and oxygen atoms in total. The van der Waals surface area contributed by atoms with Crippen molar-refractivity contribution in [2.45, 2.75) is 44.0 Å². The standard InChI is InChI=1S/C13H27BN2O3/c14-6-2-1-4-13(15,12(17)18)5-3-7-16-8-10-19-11-9-16/h1-11,14-15H2,(H,17,18). The minimum absolute atomic E-state index is 0.559. The SMILES string of the molecule is BCCCCC(N)(CCCN1CCOCC1)C(=O)O. The first-order chi connectivity index (χ1) is 9.08. The van der Waals surface area contributed by atoms with Gasteiger partial charge in [0.25, 0.3) is 0 Å². The largest absolute Gasteiger partial charge is 0.480 e. The van der Waals surface area contributed by atoms with E-state index in [4.69, 9.17) is 10.5 Å². The molecule has 1 fully saturated rings. The number of nitrogens with two attached hydrogens (primary N) is 1. The Hall–Kier alpha value is -0.585. The molecule has 0 amide bonds. The second-order valence-electron chi connectivity index (χ2n) is 5.48. The molecule has 110 valence electrons. The summed E-state index contributed by atoms with van der Waals surface area (Å²) in [5.41, 5.74) is 5.01. The Kier molecular flexibility index (Phi) is 7.42. The molecule has 1 rings (SSSR count). The highest BCUT2D eigenvalue weighted by Gasteiger charge is 2.32. The van der Waals surface area contributed by atoms with E-state index in [0.717, 1.165) is 58.4 Å². The first kappa shape index (κ1) is 16.5. The summed E-state index contributed by atoms with van der Waals surface area (Å²) in [5, 5.41) is 9.31. The fourth-order valence-corrected chi connectivity index (χ4v) is 2.47. The predicted octanol–water partition coefficient (Wildman–Crippen LogP) is 0.103. The molecule has 0 aromatic rings. The van der Waals surface area contributed by atoms with Crippen LogP contribution in [0.4, 0.5) is 0 Å². The first-order valence-electron chi connectivity index (χ1n) is 7.41. The summed E-state index contributed by atoms with van der Waals surface area (Å²) in [7, 11) is 2.11. The Morgan fingerprint density at radius 2 is 1.89 bits per heavy atom. The topological polar surface area (TPSA) is 75.8 Å². The average Bonchev–Trinajstić information content (AvgIpc) is 2.40. The Morgan fingerprint density at radius 3 is 2.47 bits per heavy atom. The van der Waals surface area contributed by atoms with E-state index in [1.165, 1.54) is 0 Å². The van der Waals surface area contributed by atoms with Crippen molar-refractivity contribution in [2.75, 3.05) is 32.8 Å². The molecule has 0 aromatic heterocycles. The second kappa shape index (κ2) is 8.56. The average molecular weight is 270 g/mol. The highest BCUT2D eigenvalue weighted by atomic mass is 16.5. The number of unbranched alkanes of at least 4 members (excludes halogenated alkanes) is 1. The van der Waals surface area contributed by atoms with Crippen LogP contribution in [0.3, 0.4) is 0 Å². The van der Waals surface area contributed by atoms with Gasteiger partial charge in [0.1, 0.15) is 13.4 Å². The number of carbonyl (C=O) groups is 1. The van der Waals surface area contributed by atoms with Gasteiger partial charge < -0.3 is 15.6 Å². The maximum Gasteiger partial charge on any atom is 0.323 e. The van der Waals surface area contributed by atoms with Crippen LogP contribution in [0.1, 0.15) is 32.1 Å². The molecule has 0 aromatic carbocycles. The number of hydrogen-bond donors (Lipinski definition) is 2. The number of carboxylic acids is 1. The zero-order valence-electron chi connectivity index (χ0n) is 12.1. The molecule has 0 aliphatic carbocycles. The molecule has 1 saturated heterocycles. The van der Waals surface area contributed by atoms with Crippen molar-refractivity contribution in [3.8, 4) is 0 Å². The van der Waals surface area contributed by atoms with Gasteiger partial charge >= 0.3 is 5.97 Å². The van der Waals surface area contributed by atoms with Crippen molar-refractivity contribution >= 4 is 13.8 Å². The van der Waals surface area contributed by atoms with Crippen LogP contribution in [0.25, 0.3) is 0 Å². The minimum atomic E-state index is -1.04. The molecule has 1 aliphatic heterocycles. The van der Waals surface area contributed by atoms with Gasteiger partial charge in [-0.2, -0.15) is 0 Å². The van der Waals surface area contributed by atoms with Gasteiger partial charge in [-0.3, -0.25) is 9.69 Å². The third-order valence-electron chi connectivity index (χ3n) is 3.85. The van der Waals surface area contributed by atoms with Crippen LogP contribution >= 0.6 is 0 Å². The predicted molar refractivity (Wildman–Crippen MR) is 78.2 cm³/mol. The highest BCUT2D eigenvalue weighted by molar-refractivity contribution is 6.08. The molecular weight excluding hydrogens is 243 g/mol. The molecule has 0 saturated carbocycles. The minimum Gasteiger partial charge on any atom is -0.480 e. The van der Waals surface area contributed by atoms with Gasteiger partial charge in [-0.05, 0) is 25.8 Å². The molecule has 0 radical (unpaired) electrons. The van der Waals surface area contributed by atoms with E-state index in [0.29, 0.717) is 12.8 Å². The lowest BCUT2D eigenvalue weighted by atomic mass is 9.87. The van der Waals surface area contributed by atoms with Crippen molar-refractivity contribution in [1.82, 2.24) is 4.90 Å². The maximum absolute atomic E-state index is 11.3. The van der Waals surface area contributed by atoms with Crippen LogP contribution in [-0.4, -0.2) is 62.2 Å². The molecule has 19 heavy (non-hydrogen) atoms. The number of rotatable bonds is 9. The van der Waals surface area contributed by atoms with Gasteiger partial charge in [0.2, 0.25) is 0 Å². The molecule has 1 aliphatic rings. The second-order valence-corrected chi connectivity index (χ2v) is 5.48. The van der Waals surface area contributed by atoms with Crippen molar-refractivity contribution < 1.29 is 14.6 Å². The molecule has 3 N–H and O–H groups in total. The monoisotopic (exact) mass is 270 g/mol. The number of ether oxygens (including phenoxy) is 1. The van der Waals surface area contributed by atoms with Gasteiger partial charge in [-0.25, -0.2) is 0 Å². The molecule has 0 spiro atoms. The molecular formula is C13H27BN2O3. The Balaban J connectivity index is 2.29. The lowest BCUT2D eigenvalue weighted by molar-refractivity contribution is -0.144. The maximum atomic E-state index is 11.3. The summed E-state index contributed by atoms with van der Waals surface area (Å²) in [5.74, 6) is -0.856. The zero-order valence-corrected chi connectivity index (χ0v) is 12.1. The number of aliphatic carboxylic acids is 1. The van der Waals surface area contributed by atoms with E-state index in [1.807, 2.05) is 0 Å². The first-order valence-corrected chi connectivity index (χ1v) is 7.41. The van der Waals surface area contributed by atoms with Gasteiger partial charge in [-0.15, -0.1) is 0 Å². The Morgan fingerprint density at radius 1 is 1.26 bits per heavy atom. The van der Waals surface area contributed by atoms with E-state index in [2.05, 4.69) is 12.7 Å². The van der Waals surface area contributed by atoms with Crippen molar-refractivity contribution in [2.24, 2.45) is 5.73 Å². The van der Waals surface area contributed by atoms with Crippen molar-refractivity contribution in [3.05, 3.63) is 0 Å². The number of hydrogen-bond acceptors (Lipinski definition) is 4. The Bertz CT molecular complexity index is 273. The van der Waals surface area contributed by atoms with Gasteiger partial charge in [-0.1, -0.05) is 19.2 Å². The molecule has 1 heterocycles. The summed E-state index contributed by atoms with van der Waals surface area (Å²) < 4.78 is 5.29. The highest BCUT2D eigenvalue weighted by Crippen LogP contribution is 2.19. The number of morpholine rings is 1. The van der Waals surface area contributed by atoms with Gasteiger partial charge in [0, 0.05) is 13.1 Å². The molecule has 1 atom stereocenters. The van der Waals surface area contributed by atoms with E-state index >= 15 is 0 Å². The van der Waals surface area contributed by atoms with Crippen LogP contribution in [0, 0.1) is 0 Å². The summed E-state index contributed by atoms with van der Waals surface area (Å²) in [6.07, 6.45) is 5.02. The molecule has 0 bridgehead atoms. The van der Waals surface area contributed by atoms with E-state index in [9.17, 15) is 9.90 Å². The lowest BCUT2D eigenvalue weighted by Gasteiger charge is -2.29. The molecule has 1 unspecified atom stereocenters. The summed E-state index contributed by atoms with van der Waals surface area (Å²) >= 11 is 0. The van der Waals surface area contributed by atoms with Crippen LogP contribution in [-0.2, 0) is 9.53 Å². The Labute approximate surface area is 116 Å². The van der Waals surface area contributed by atoms with Crippen LogP contribution in [0.5, 0.6) is 0 Å². The smallest absolute Gasteiger partial charge is 0.323 e. The number of nitrogens with zero attached hydrogens (tertiary/aromatic N) is 1. The summed E-state index contributed by atoms with van der Waals surface area (Å²) in [4.78, 5) is 13.7. The van der Waals surface area contributed by atoms with Crippen LogP contribution in [0.15, 0.2) is 0 Å². The van der Waals surface area contributed by atoms with Crippen molar-refractivity contribution in [1.29, 1.82) is 0 Å². The lowest BCUT2D eigenvalue weighted by Crippen LogP contribution is -2.48. The summed E-state index contributed by atoms with van der Waals surface area (Å²) in [6.45, 7) is 4.37. The quantitative estimate of drug-likeness (QED) is 0.459. The fraction of sp³-hybridized carbons (Fsp3) is 0.923. The van der Waals surface area contributed by atoms with E-state index in [-0.39, 0.29) is 0 Å². The van der Waals surface area contributed by atoms with Gasteiger partial charge in [0.05, 0.1) is 13.2 Å². The third-order valence-corrected chi connectivity index (χ3v) is 3.85. The fourth-order valence-electron chi connectivity index (χ4n) is 2.47. The van der Waals surface area contributed by atoms with E-state index in [1.54, 1.807) is 0 Å². The van der Waals surface area contributed by atoms with Crippen molar-refractivity contribution in [3.63, 3.8) is 0 Å². The number of carboxylic acid groups (broad SMARTS) is 1. The third kappa shape index (κ3) is 5.93. The van der Waals surface area contributed by atoms with E-state index < -0.39 is 11.5 Å². The van der Waals surface area contributed by atoms with Crippen LogP contribution in [0.2, 0.25) is 6.32 Å². The zero-order chi connectivity index (χ0) is 14.1. The normalized spacial score (nSPS) is 20.1.